The SMILES string of the molecule is CCNC(Cc1ccc(OC)nc1)c1ccc(C)c(Cl)c1. The van der Waals surface area contributed by atoms with Gasteiger partial charge in [-0.15, -0.1) is 0 Å². The van der Waals surface area contributed by atoms with E-state index in [1.54, 1.807) is 7.11 Å². The standard InChI is InChI=1S/C17H21ClN2O/c1-4-19-16(14-7-5-12(2)15(18)10-14)9-13-6-8-17(21-3)20-11-13/h5-8,10-11,16,19H,4,9H2,1-3H3. The first kappa shape index (κ1) is 15.8. The van der Waals surface area contributed by atoms with Crippen molar-refractivity contribution < 1.29 is 4.74 Å². The molecular weight excluding hydrogens is 284 g/mol. The van der Waals surface area contributed by atoms with Crippen LogP contribution in [0.1, 0.15) is 29.7 Å². The zero-order chi connectivity index (χ0) is 15.2. The van der Waals surface area contributed by atoms with E-state index in [0.717, 1.165) is 23.6 Å². The maximum absolute atomic E-state index is 6.24. The Morgan fingerprint density at radius 3 is 2.67 bits per heavy atom. The highest BCUT2D eigenvalue weighted by atomic mass is 35.5. The fourth-order valence-corrected chi connectivity index (χ4v) is 2.46. The number of aromatic nitrogens is 1. The van der Waals surface area contributed by atoms with Crippen molar-refractivity contribution in [3.8, 4) is 5.88 Å². The second-order valence-electron chi connectivity index (χ2n) is 5.03. The quantitative estimate of drug-likeness (QED) is 0.877. The lowest BCUT2D eigenvalue weighted by atomic mass is 9.99. The van der Waals surface area contributed by atoms with Gasteiger partial charge in [-0.3, -0.25) is 0 Å². The van der Waals surface area contributed by atoms with E-state index in [9.17, 15) is 0 Å². The molecule has 1 N–H and O–H groups in total. The van der Waals surface area contributed by atoms with Crippen LogP contribution in [0.2, 0.25) is 5.02 Å². The molecule has 3 nitrogen and oxygen atoms in total. The molecule has 0 radical (unpaired) electrons. The molecule has 1 heterocycles. The maximum Gasteiger partial charge on any atom is 0.212 e. The number of benzene rings is 1. The fraction of sp³-hybridized carbons (Fsp3) is 0.353. The van der Waals surface area contributed by atoms with Crippen molar-refractivity contribution >= 4 is 11.6 Å². The van der Waals surface area contributed by atoms with Gasteiger partial charge < -0.3 is 10.1 Å². The highest BCUT2D eigenvalue weighted by Crippen LogP contribution is 2.24. The summed E-state index contributed by atoms with van der Waals surface area (Å²) >= 11 is 6.24. The van der Waals surface area contributed by atoms with Crippen LogP contribution in [0.3, 0.4) is 0 Å². The highest BCUT2D eigenvalue weighted by molar-refractivity contribution is 6.31. The van der Waals surface area contributed by atoms with Gasteiger partial charge in [0.1, 0.15) is 0 Å². The Hall–Kier alpha value is -1.58. The van der Waals surface area contributed by atoms with Gasteiger partial charge in [0.05, 0.1) is 7.11 Å². The predicted octanol–water partition coefficient (Wildman–Crippen LogP) is 3.95. The summed E-state index contributed by atoms with van der Waals surface area (Å²) < 4.78 is 5.09. The van der Waals surface area contributed by atoms with Crippen LogP contribution in [0.25, 0.3) is 0 Å². The van der Waals surface area contributed by atoms with Crippen LogP contribution in [0.15, 0.2) is 36.5 Å². The van der Waals surface area contributed by atoms with Crippen LogP contribution in [0.4, 0.5) is 0 Å². The number of halogens is 1. The summed E-state index contributed by atoms with van der Waals surface area (Å²) in [7, 11) is 1.62. The van der Waals surface area contributed by atoms with Gasteiger partial charge in [-0.1, -0.05) is 36.7 Å². The van der Waals surface area contributed by atoms with Crippen molar-refractivity contribution in [2.24, 2.45) is 0 Å². The molecule has 0 fully saturated rings. The molecule has 4 heteroatoms. The lowest BCUT2D eigenvalue weighted by molar-refractivity contribution is 0.397. The van der Waals surface area contributed by atoms with Crippen LogP contribution in [0.5, 0.6) is 5.88 Å². The molecule has 0 aliphatic rings. The highest BCUT2D eigenvalue weighted by Gasteiger charge is 2.12. The summed E-state index contributed by atoms with van der Waals surface area (Å²) in [4.78, 5) is 4.26. The number of pyridine rings is 1. The molecule has 21 heavy (non-hydrogen) atoms. The molecule has 1 aromatic heterocycles. The maximum atomic E-state index is 6.24. The van der Waals surface area contributed by atoms with E-state index in [4.69, 9.17) is 16.3 Å². The Bertz CT molecular complexity index is 584. The van der Waals surface area contributed by atoms with E-state index in [2.05, 4.69) is 29.4 Å². The van der Waals surface area contributed by atoms with Crippen molar-refractivity contribution in [3.63, 3.8) is 0 Å². The van der Waals surface area contributed by atoms with Crippen LogP contribution in [0, 0.1) is 6.92 Å². The van der Waals surface area contributed by atoms with Gasteiger partial charge in [-0.2, -0.15) is 0 Å². The smallest absolute Gasteiger partial charge is 0.212 e. The number of hydrogen-bond acceptors (Lipinski definition) is 3. The van der Waals surface area contributed by atoms with Crippen LogP contribution >= 0.6 is 11.6 Å². The van der Waals surface area contributed by atoms with Gasteiger partial charge in [-0.05, 0) is 42.6 Å². The average molecular weight is 305 g/mol. The summed E-state index contributed by atoms with van der Waals surface area (Å²) in [5, 5.41) is 4.31. The molecule has 2 rings (SSSR count). The third-order valence-electron chi connectivity index (χ3n) is 3.50. The molecule has 0 bridgehead atoms. The molecule has 0 saturated carbocycles. The van der Waals surface area contributed by atoms with Gasteiger partial charge in [0.15, 0.2) is 0 Å². The van der Waals surface area contributed by atoms with E-state index in [1.807, 2.05) is 31.3 Å². The number of hydrogen-bond donors (Lipinski definition) is 1. The average Bonchev–Trinajstić information content (AvgIpc) is 2.50. The molecule has 0 aliphatic carbocycles. The number of aryl methyl sites for hydroxylation is 1. The van der Waals surface area contributed by atoms with E-state index in [0.29, 0.717) is 5.88 Å². The first-order valence-corrected chi connectivity index (χ1v) is 7.50. The van der Waals surface area contributed by atoms with Gasteiger partial charge in [0.2, 0.25) is 5.88 Å². The number of methoxy groups -OCH3 is 1. The minimum absolute atomic E-state index is 0.225. The molecular formula is C17H21ClN2O. The molecule has 2 aromatic rings. The normalized spacial score (nSPS) is 12.2. The minimum atomic E-state index is 0.225. The number of rotatable bonds is 6. The molecule has 0 spiro atoms. The number of ether oxygens (including phenoxy) is 1. The van der Waals surface area contributed by atoms with Gasteiger partial charge >= 0.3 is 0 Å². The summed E-state index contributed by atoms with van der Waals surface area (Å²) in [6.45, 7) is 5.02. The molecule has 1 unspecified atom stereocenters. The Morgan fingerprint density at radius 2 is 2.10 bits per heavy atom. The fourth-order valence-electron chi connectivity index (χ4n) is 2.27. The van der Waals surface area contributed by atoms with Crippen LogP contribution in [-0.2, 0) is 6.42 Å². The van der Waals surface area contributed by atoms with Gasteiger partial charge in [0, 0.05) is 23.3 Å². The molecule has 1 atom stereocenters. The van der Waals surface area contributed by atoms with Gasteiger partial charge in [0.25, 0.3) is 0 Å². The van der Waals surface area contributed by atoms with Crippen LogP contribution < -0.4 is 10.1 Å². The van der Waals surface area contributed by atoms with Crippen molar-refractivity contribution in [2.45, 2.75) is 26.3 Å². The van der Waals surface area contributed by atoms with Crippen molar-refractivity contribution in [1.82, 2.24) is 10.3 Å². The van der Waals surface area contributed by atoms with Crippen LogP contribution in [-0.4, -0.2) is 18.6 Å². The number of nitrogens with one attached hydrogen (secondary N) is 1. The van der Waals surface area contributed by atoms with E-state index in [1.165, 1.54) is 11.1 Å². The second-order valence-corrected chi connectivity index (χ2v) is 5.44. The van der Waals surface area contributed by atoms with E-state index < -0.39 is 0 Å². The van der Waals surface area contributed by atoms with E-state index in [-0.39, 0.29) is 6.04 Å². The summed E-state index contributed by atoms with van der Waals surface area (Å²) in [6.07, 6.45) is 2.73. The van der Waals surface area contributed by atoms with Crippen molar-refractivity contribution in [1.29, 1.82) is 0 Å². The predicted molar refractivity (Wildman–Crippen MR) is 87.1 cm³/mol. The zero-order valence-electron chi connectivity index (χ0n) is 12.7. The lowest BCUT2D eigenvalue weighted by Crippen LogP contribution is -2.23. The molecule has 1 aromatic carbocycles. The number of nitrogens with zero attached hydrogens (tertiary/aromatic N) is 1. The van der Waals surface area contributed by atoms with Gasteiger partial charge in [-0.25, -0.2) is 4.98 Å². The molecule has 0 aliphatic heterocycles. The first-order valence-electron chi connectivity index (χ1n) is 7.12. The topological polar surface area (TPSA) is 34.1 Å². The minimum Gasteiger partial charge on any atom is -0.481 e. The summed E-state index contributed by atoms with van der Waals surface area (Å²) in [6, 6.07) is 10.4. The van der Waals surface area contributed by atoms with E-state index >= 15 is 0 Å². The largest absolute Gasteiger partial charge is 0.481 e. The summed E-state index contributed by atoms with van der Waals surface area (Å²) in [5.74, 6) is 0.636. The Morgan fingerprint density at radius 1 is 1.29 bits per heavy atom. The first-order chi connectivity index (χ1) is 10.1. The molecule has 0 saturated heterocycles. The van der Waals surface area contributed by atoms with Crippen molar-refractivity contribution in [2.75, 3.05) is 13.7 Å². The third-order valence-corrected chi connectivity index (χ3v) is 3.90. The molecule has 0 amide bonds. The Kier molecular flexibility index (Phi) is 5.59. The Labute approximate surface area is 131 Å². The Balaban J connectivity index is 2.19. The zero-order valence-corrected chi connectivity index (χ0v) is 13.4. The lowest BCUT2D eigenvalue weighted by Gasteiger charge is -2.19. The third kappa shape index (κ3) is 4.19. The van der Waals surface area contributed by atoms with Crippen molar-refractivity contribution in [3.05, 3.63) is 58.2 Å². The second kappa shape index (κ2) is 7.43. The number of likely N-dealkylation sites (N-methyl/N-ethyl adjacent to an activating group) is 1. The monoisotopic (exact) mass is 304 g/mol. The molecule has 112 valence electrons. The summed E-state index contributed by atoms with van der Waals surface area (Å²) in [5.41, 5.74) is 3.46.